The molecule has 0 aromatic carbocycles. The minimum absolute atomic E-state index is 0.0228. The van der Waals surface area contributed by atoms with E-state index in [2.05, 4.69) is 32.0 Å². The fourth-order valence-corrected chi connectivity index (χ4v) is 3.49. The van der Waals surface area contributed by atoms with Gasteiger partial charge in [0.1, 0.15) is 11.4 Å². The summed E-state index contributed by atoms with van der Waals surface area (Å²) < 4.78 is 8.50. The summed E-state index contributed by atoms with van der Waals surface area (Å²) in [5.74, 6) is 1.17. The summed E-state index contributed by atoms with van der Waals surface area (Å²) in [6.07, 6.45) is 4.07. The lowest BCUT2D eigenvalue weighted by atomic mass is 10.2. The van der Waals surface area contributed by atoms with Crippen molar-refractivity contribution in [3.63, 3.8) is 0 Å². The van der Waals surface area contributed by atoms with E-state index in [0.717, 1.165) is 41.2 Å². The van der Waals surface area contributed by atoms with Gasteiger partial charge in [-0.2, -0.15) is 0 Å². The highest BCUT2D eigenvalue weighted by Gasteiger charge is 2.24. The van der Waals surface area contributed by atoms with Crippen molar-refractivity contribution in [1.29, 1.82) is 0 Å². The molecule has 3 aromatic heterocycles. The highest BCUT2D eigenvalue weighted by Crippen LogP contribution is 2.16. The van der Waals surface area contributed by atoms with E-state index in [1.165, 1.54) is 0 Å². The van der Waals surface area contributed by atoms with Crippen molar-refractivity contribution < 1.29 is 9.21 Å². The molecule has 1 aliphatic rings. The number of pyridine rings is 1. The summed E-state index contributed by atoms with van der Waals surface area (Å²) in [5.41, 5.74) is 1.99. The Bertz CT molecular complexity index is 909. The molecule has 1 saturated heterocycles. The number of amides is 1. The lowest BCUT2D eigenvalue weighted by Gasteiger charge is -2.33. The predicted octanol–water partition coefficient (Wildman–Crippen LogP) is 2.96. The third-order valence-electron chi connectivity index (χ3n) is 4.46. The van der Waals surface area contributed by atoms with Gasteiger partial charge in [0, 0.05) is 49.6 Å². The van der Waals surface area contributed by atoms with Crippen molar-refractivity contribution >= 4 is 27.5 Å². The second-order valence-electron chi connectivity index (χ2n) is 6.32. The van der Waals surface area contributed by atoms with Crippen LogP contribution in [0.4, 0.5) is 0 Å². The van der Waals surface area contributed by atoms with Crippen LogP contribution in [0.2, 0.25) is 0 Å². The van der Waals surface area contributed by atoms with Crippen LogP contribution in [0.25, 0.3) is 5.65 Å². The minimum Gasteiger partial charge on any atom is -0.456 e. The van der Waals surface area contributed by atoms with E-state index in [1.54, 1.807) is 6.07 Å². The number of imidazole rings is 1. The molecule has 3 aromatic rings. The first-order valence-corrected chi connectivity index (χ1v) is 9.09. The van der Waals surface area contributed by atoms with Crippen LogP contribution in [0, 0.1) is 6.92 Å². The summed E-state index contributed by atoms with van der Waals surface area (Å²) in [7, 11) is 0. The molecule has 1 aliphatic heterocycles. The number of piperazine rings is 1. The molecule has 0 N–H and O–H groups in total. The van der Waals surface area contributed by atoms with Gasteiger partial charge in [-0.25, -0.2) is 4.98 Å². The zero-order chi connectivity index (χ0) is 17.4. The zero-order valence-electron chi connectivity index (χ0n) is 14.0. The molecule has 0 aliphatic carbocycles. The van der Waals surface area contributed by atoms with Crippen LogP contribution in [0.15, 0.2) is 45.5 Å². The van der Waals surface area contributed by atoms with E-state index in [1.807, 2.05) is 40.6 Å². The van der Waals surface area contributed by atoms with Crippen molar-refractivity contribution in [3.05, 3.63) is 58.3 Å². The number of hydrogen-bond acceptors (Lipinski definition) is 4. The van der Waals surface area contributed by atoms with E-state index in [0.29, 0.717) is 18.8 Å². The maximum absolute atomic E-state index is 12.4. The van der Waals surface area contributed by atoms with Crippen LogP contribution in [0.5, 0.6) is 0 Å². The molecule has 6 nitrogen and oxygen atoms in total. The lowest BCUT2D eigenvalue weighted by Crippen LogP contribution is -2.48. The monoisotopic (exact) mass is 402 g/mol. The number of fused-ring (bicyclic) bond motifs is 1. The average molecular weight is 403 g/mol. The third-order valence-corrected chi connectivity index (χ3v) is 4.93. The highest BCUT2D eigenvalue weighted by molar-refractivity contribution is 9.10. The summed E-state index contributed by atoms with van der Waals surface area (Å²) in [4.78, 5) is 21.3. The molecular formula is C18H19BrN4O2. The lowest BCUT2D eigenvalue weighted by molar-refractivity contribution is 0.0595. The van der Waals surface area contributed by atoms with E-state index in [4.69, 9.17) is 4.42 Å². The minimum atomic E-state index is -0.0228. The SMILES string of the molecule is Cc1ccc(C(=O)N2CCN(Cc3cn4cc(Br)ccc4n3)CC2)o1. The number of nitrogens with zero attached hydrogens (tertiary/aromatic N) is 4. The van der Waals surface area contributed by atoms with E-state index in [-0.39, 0.29) is 5.91 Å². The Morgan fingerprint density at radius 1 is 1.16 bits per heavy atom. The molecule has 1 fully saturated rings. The molecule has 0 atom stereocenters. The molecule has 25 heavy (non-hydrogen) atoms. The van der Waals surface area contributed by atoms with Gasteiger partial charge in [0.15, 0.2) is 5.76 Å². The van der Waals surface area contributed by atoms with Gasteiger partial charge in [-0.15, -0.1) is 0 Å². The fraction of sp³-hybridized carbons (Fsp3) is 0.333. The largest absolute Gasteiger partial charge is 0.456 e. The second kappa shape index (κ2) is 6.65. The molecule has 4 rings (SSSR count). The Balaban J connectivity index is 1.37. The number of carbonyl (C=O) groups excluding carboxylic acids is 1. The maximum Gasteiger partial charge on any atom is 0.289 e. The van der Waals surface area contributed by atoms with Gasteiger partial charge >= 0.3 is 0 Å². The molecule has 4 heterocycles. The Labute approximate surface area is 154 Å². The number of furan rings is 1. The normalized spacial score (nSPS) is 15.8. The van der Waals surface area contributed by atoms with Crippen LogP contribution >= 0.6 is 15.9 Å². The summed E-state index contributed by atoms with van der Waals surface area (Å²) >= 11 is 3.48. The molecule has 130 valence electrons. The molecule has 0 bridgehead atoms. The number of halogens is 1. The quantitative estimate of drug-likeness (QED) is 0.675. The number of hydrogen-bond donors (Lipinski definition) is 0. The molecule has 0 saturated carbocycles. The molecule has 0 unspecified atom stereocenters. The van der Waals surface area contributed by atoms with Gasteiger partial charge in [0.2, 0.25) is 0 Å². The summed E-state index contributed by atoms with van der Waals surface area (Å²) in [6, 6.07) is 7.56. The Morgan fingerprint density at radius 3 is 2.68 bits per heavy atom. The Kier molecular flexibility index (Phi) is 4.35. The average Bonchev–Trinajstić information content (AvgIpc) is 3.20. The van der Waals surface area contributed by atoms with Crippen molar-refractivity contribution in [2.75, 3.05) is 26.2 Å². The third kappa shape index (κ3) is 3.48. The number of aromatic nitrogens is 2. The first-order chi connectivity index (χ1) is 12.1. The second-order valence-corrected chi connectivity index (χ2v) is 7.24. The van der Waals surface area contributed by atoms with Crippen molar-refractivity contribution in [3.8, 4) is 0 Å². The Hall–Kier alpha value is -2.12. The smallest absolute Gasteiger partial charge is 0.289 e. The van der Waals surface area contributed by atoms with Gasteiger partial charge in [-0.3, -0.25) is 9.69 Å². The zero-order valence-corrected chi connectivity index (χ0v) is 15.6. The van der Waals surface area contributed by atoms with Crippen LogP contribution in [0.3, 0.4) is 0 Å². The summed E-state index contributed by atoms with van der Waals surface area (Å²) in [5, 5.41) is 0. The van der Waals surface area contributed by atoms with Crippen LogP contribution in [-0.4, -0.2) is 51.3 Å². The van der Waals surface area contributed by atoms with Gasteiger partial charge in [-0.1, -0.05) is 0 Å². The van der Waals surface area contributed by atoms with Gasteiger partial charge in [0.05, 0.1) is 5.69 Å². The van der Waals surface area contributed by atoms with E-state index < -0.39 is 0 Å². The van der Waals surface area contributed by atoms with Crippen LogP contribution < -0.4 is 0 Å². The molecule has 1 amide bonds. The predicted molar refractivity (Wildman–Crippen MR) is 97.5 cm³/mol. The van der Waals surface area contributed by atoms with Crippen molar-refractivity contribution in [2.45, 2.75) is 13.5 Å². The van der Waals surface area contributed by atoms with E-state index in [9.17, 15) is 4.79 Å². The fourth-order valence-electron chi connectivity index (χ4n) is 3.14. The van der Waals surface area contributed by atoms with Crippen LogP contribution in [-0.2, 0) is 6.54 Å². The molecule has 0 spiro atoms. The first-order valence-electron chi connectivity index (χ1n) is 8.30. The molecule has 7 heteroatoms. The first kappa shape index (κ1) is 16.4. The Morgan fingerprint density at radius 2 is 1.96 bits per heavy atom. The summed E-state index contributed by atoms with van der Waals surface area (Å²) in [6.45, 7) is 5.73. The number of carbonyl (C=O) groups is 1. The number of rotatable bonds is 3. The van der Waals surface area contributed by atoms with Crippen LogP contribution in [0.1, 0.15) is 22.0 Å². The molecule has 0 radical (unpaired) electrons. The molecular weight excluding hydrogens is 384 g/mol. The topological polar surface area (TPSA) is 54.0 Å². The maximum atomic E-state index is 12.4. The van der Waals surface area contributed by atoms with E-state index >= 15 is 0 Å². The van der Waals surface area contributed by atoms with Crippen molar-refractivity contribution in [2.24, 2.45) is 0 Å². The van der Waals surface area contributed by atoms with Gasteiger partial charge < -0.3 is 13.7 Å². The van der Waals surface area contributed by atoms with Crippen molar-refractivity contribution in [1.82, 2.24) is 19.2 Å². The standard InChI is InChI=1S/C18H19BrN4O2/c1-13-2-4-16(25-13)18(24)22-8-6-21(7-9-22)11-15-12-23-10-14(19)3-5-17(23)20-15/h2-5,10,12H,6-9,11H2,1H3. The van der Waals surface area contributed by atoms with Gasteiger partial charge in [-0.05, 0) is 47.1 Å². The number of aryl methyl sites for hydroxylation is 1. The van der Waals surface area contributed by atoms with Gasteiger partial charge in [0.25, 0.3) is 5.91 Å². The highest BCUT2D eigenvalue weighted by atomic mass is 79.9.